The molecule has 0 spiro atoms. The number of carbonyl (C=O) groups is 2. The third kappa shape index (κ3) is 3.91. The number of nitrogens with zero attached hydrogens (tertiary/aromatic N) is 3. The van der Waals surface area contributed by atoms with Gasteiger partial charge in [-0.1, -0.05) is 6.92 Å². The molecule has 6 nitrogen and oxygen atoms in total. The zero-order valence-electron chi connectivity index (χ0n) is 15.1. The molecule has 3 saturated heterocycles. The highest BCUT2D eigenvalue weighted by Gasteiger charge is 2.34. The Morgan fingerprint density at radius 3 is 2.21 bits per heavy atom. The Bertz CT molecular complexity index is 448. The van der Waals surface area contributed by atoms with Gasteiger partial charge in [0.15, 0.2) is 0 Å². The Morgan fingerprint density at radius 1 is 0.958 bits per heavy atom. The molecule has 3 aliphatic heterocycles. The average molecular weight is 337 g/mol. The second kappa shape index (κ2) is 7.83. The molecular weight excluding hydrogens is 306 g/mol. The van der Waals surface area contributed by atoms with E-state index in [0.29, 0.717) is 19.7 Å². The van der Waals surface area contributed by atoms with E-state index in [0.717, 1.165) is 57.8 Å². The molecule has 2 amide bonds. The van der Waals surface area contributed by atoms with Gasteiger partial charge in [0.05, 0.1) is 6.04 Å². The lowest BCUT2D eigenvalue weighted by atomic mass is 9.98. The number of amides is 2. The first-order valence-corrected chi connectivity index (χ1v) is 9.49. The van der Waals surface area contributed by atoms with Crippen LogP contribution in [0.2, 0.25) is 0 Å². The summed E-state index contributed by atoms with van der Waals surface area (Å²) in [7, 11) is 0. The highest BCUT2D eigenvalue weighted by Crippen LogP contribution is 2.19. The van der Waals surface area contributed by atoms with E-state index in [9.17, 15) is 9.59 Å². The summed E-state index contributed by atoms with van der Waals surface area (Å²) in [4.78, 5) is 31.3. The Balaban J connectivity index is 1.47. The smallest absolute Gasteiger partial charge is 0.251 e. The quantitative estimate of drug-likeness (QED) is 0.770. The molecule has 0 saturated carbocycles. The molecule has 0 aromatic heterocycles. The van der Waals surface area contributed by atoms with Crippen molar-refractivity contribution in [3.05, 3.63) is 0 Å². The van der Waals surface area contributed by atoms with Crippen molar-refractivity contribution in [2.45, 2.75) is 51.7 Å². The number of carbonyl (C=O) groups excluding carboxylic acids is 2. The van der Waals surface area contributed by atoms with Crippen LogP contribution >= 0.6 is 0 Å². The minimum Gasteiger partial charge on any atom is -0.368 e. The van der Waals surface area contributed by atoms with Crippen molar-refractivity contribution in [2.75, 3.05) is 45.9 Å². The van der Waals surface area contributed by atoms with Crippen molar-refractivity contribution in [3.63, 3.8) is 0 Å². The number of piperidine rings is 1. The lowest BCUT2D eigenvalue weighted by molar-refractivity contribution is -0.144. The number of hydrogen-bond donors (Lipinski definition) is 0. The molecule has 0 aromatic carbocycles. The van der Waals surface area contributed by atoms with Gasteiger partial charge in [0.2, 0.25) is 5.91 Å². The van der Waals surface area contributed by atoms with Crippen LogP contribution in [-0.2, 0) is 14.3 Å². The van der Waals surface area contributed by atoms with Crippen molar-refractivity contribution >= 4 is 11.8 Å². The zero-order valence-corrected chi connectivity index (χ0v) is 15.1. The maximum atomic E-state index is 12.7. The predicted molar refractivity (Wildman–Crippen MR) is 91.6 cm³/mol. The van der Waals surface area contributed by atoms with Gasteiger partial charge in [-0.15, -0.1) is 0 Å². The SMILES string of the molecule is CC1CCN(C(=O)C(C)N2CCN(C(=O)C3CCCO3)CC2)CC1. The molecule has 3 fully saturated rings. The molecule has 6 heteroatoms. The predicted octanol–water partition coefficient (Wildman–Crippen LogP) is 0.957. The second-order valence-corrected chi connectivity index (χ2v) is 7.55. The van der Waals surface area contributed by atoms with Gasteiger partial charge in [0.1, 0.15) is 6.10 Å². The molecule has 3 rings (SSSR count). The van der Waals surface area contributed by atoms with Gasteiger partial charge in [-0.2, -0.15) is 0 Å². The summed E-state index contributed by atoms with van der Waals surface area (Å²) in [6, 6.07) is -0.0848. The number of likely N-dealkylation sites (tertiary alicyclic amines) is 1. The van der Waals surface area contributed by atoms with Gasteiger partial charge >= 0.3 is 0 Å². The van der Waals surface area contributed by atoms with Crippen molar-refractivity contribution in [3.8, 4) is 0 Å². The first-order chi connectivity index (χ1) is 11.6. The van der Waals surface area contributed by atoms with E-state index in [2.05, 4.69) is 11.8 Å². The fourth-order valence-corrected chi connectivity index (χ4v) is 3.96. The minimum atomic E-state index is -0.231. The fraction of sp³-hybridized carbons (Fsp3) is 0.889. The number of rotatable bonds is 3. The average Bonchev–Trinajstić information content (AvgIpc) is 3.15. The van der Waals surface area contributed by atoms with E-state index in [4.69, 9.17) is 4.74 Å². The number of ether oxygens (including phenoxy) is 1. The van der Waals surface area contributed by atoms with Gasteiger partial charge in [-0.25, -0.2) is 0 Å². The van der Waals surface area contributed by atoms with Gasteiger partial charge in [-0.3, -0.25) is 14.5 Å². The third-order valence-electron chi connectivity index (χ3n) is 5.83. The summed E-state index contributed by atoms with van der Waals surface area (Å²) in [5.74, 6) is 1.12. The van der Waals surface area contributed by atoms with Crippen LogP contribution in [0, 0.1) is 5.92 Å². The first kappa shape index (κ1) is 17.7. The summed E-state index contributed by atoms with van der Waals surface area (Å²) in [5.41, 5.74) is 0. The minimum absolute atomic E-state index is 0.0848. The lowest BCUT2D eigenvalue weighted by Gasteiger charge is -2.40. The molecule has 2 atom stereocenters. The molecular formula is C18H31N3O3. The van der Waals surface area contributed by atoms with Crippen LogP contribution in [0.5, 0.6) is 0 Å². The normalized spacial score (nSPS) is 28.2. The van der Waals surface area contributed by atoms with Crippen molar-refractivity contribution < 1.29 is 14.3 Å². The van der Waals surface area contributed by atoms with E-state index in [-0.39, 0.29) is 24.0 Å². The maximum absolute atomic E-state index is 12.7. The molecule has 0 N–H and O–H groups in total. The molecule has 0 radical (unpaired) electrons. The van der Waals surface area contributed by atoms with Crippen LogP contribution < -0.4 is 0 Å². The summed E-state index contributed by atoms with van der Waals surface area (Å²) >= 11 is 0. The van der Waals surface area contributed by atoms with Crippen molar-refractivity contribution in [1.29, 1.82) is 0 Å². The molecule has 0 bridgehead atoms. The molecule has 0 aliphatic carbocycles. The largest absolute Gasteiger partial charge is 0.368 e. The van der Waals surface area contributed by atoms with Gasteiger partial charge < -0.3 is 14.5 Å². The molecule has 0 aromatic rings. The molecule has 3 aliphatic rings. The molecule has 3 heterocycles. The zero-order chi connectivity index (χ0) is 17.1. The Morgan fingerprint density at radius 2 is 1.62 bits per heavy atom. The van der Waals surface area contributed by atoms with Crippen LogP contribution in [0.4, 0.5) is 0 Å². The maximum Gasteiger partial charge on any atom is 0.251 e. The molecule has 24 heavy (non-hydrogen) atoms. The third-order valence-corrected chi connectivity index (χ3v) is 5.83. The Kier molecular flexibility index (Phi) is 5.76. The van der Waals surface area contributed by atoms with E-state index in [1.165, 1.54) is 0 Å². The monoisotopic (exact) mass is 337 g/mol. The van der Waals surface area contributed by atoms with E-state index < -0.39 is 0 Å². The number of hydrogen-bond acceptors (Lipinski definition) is 4. The van der Waals surface area contributed by atoms with Gasteiger partial charge in [0.25, 0.3) is 5.91 Å². The van der Waals surface area contributed by atoms with Crippen molar-refractivity contribution in [1.82, 2.24) is 14.7 Å². The first-order valence-electron chi connectivity index (χ1n) is 9.49. The highest BCUT2D eigenvalue weighted by atomic mass is 16.5. The number of piperazine rings is 1. The van der Waals surface area contributed by atoms with Crippen LogP contribution in [-0.4, -0.2) is 84.5 Å². The van der Waals surface area contributed by atoms with Crippen LogP contribution in [0.3, 0.4) is 0 Å². The standard InChI is InChI=1S/C18H31N3O3/c1-14-5-7-20(8-6-14)17(22)15(2)19-9-11-21(12-10-19)18(23)16-4-3-13-24-16/h14-16H,3-13H2,1-2H3. The van der Waals surface area contributed by atoms with E-state index in [1.807, 2.05) is 16.7 Å². The summed E-state index contributed by atoms with van der Waals surface area (Å²) < 4.78 is 5.50. The second-order valence-electron chi connectivity index (χ2n) is 7.55. The topological polar surface area (TPSA) is 53.1 Å². The summed E-state index contributed by atoms with van der Waals surface area (Å²) in [6.07, 6.45) is 3.83. The van der Waals surface area contributed by atoms with Crippen molar-refractivity contribution in [2.24, 2.45) is 5.92 Å². The summed E-state index contributed by atoms with van der Waals surface area (Å²) in [6.45, 7) is 9.71. The fourth-order valence-electron chi connectivity index (χ4n) is 3.96. The van der Waals surface area contributed by atoms with Gasteiger partial charge in [-0.05, 0) is 38.5 Å². The van der Waals surface area contributed by atoms with Crippen LogP contribution in [0.1, 0.15) is 39.5 Å². The van der Waals surface area contributed by atoms with E-state index in [1.54, 1.807) is 0 Å². The molecule has 2 unspecified atom stereocenters. The van der Waals surface area contributed by atoms with Crippen LogP contribution in [0.25, 0.3) is 0 Å². The summed E-state index contributed by atoms with van der Waals surface area (Å²) in [5, 5.41) is 0. The van der Waals surface area contributed by atoms with Crippen LogP contribution in [0.15, 0.2) is 0 Å². The van der Waals surface area contributed by atoms with Gasteiger partial charge in [0, 0.05) is 45.9 Å². The molecule has 136 valence electrons. The highest BCUT2D eigenvalue weighted by molar-refractivity contribution is 5.82. The Hall–Kier alpha value is -1.14. The lowest BCUT2D eigenvalue weighted by Crippen LogP contribution is -2.57. The van der Waals surface area contributed by atoms with E-state index >= 15 is 0 Å². The Labute approximate surface area is 145 Å².